The highest BCUT2D eigenvalue weighted by Crippen LogP contribution is 2.22. The molecule has 0 aliphatic rings. The van der Waals surface area contributed by atoms with Crippen molar-refractivity contribution in [2.24, 2.45) is 10.5 Å². The maximum absolute atomic E-state index is 12.3. The first-order valence-electron chi connectivity index (χ1n) is 6.91. The average Bonchev–Trinajstić information content (AvgIpc) is 2.91. The second kappa shape index (κ2) is 5.96. The molecule has 0 bridgehead atoms. The predicted octanol–water partition coefficient (Wildman–Crippen LogP) is 3.32. The van der Waals surface area contributed by atoms with E-state index < -0.39 is 10.0 Å². The SMILES string of the molecule is Cc1ccc(S(=O)(=O)N/N=C(/c2ccco2)C(C)(C)C)cc1. The second-order valence-electron chi connectivity index (χ2n) is 6.10. The summed E-state index contributed by atoms with van der Waals surface area (Å²) in [5.41, 5.74) is 1.16. The molecule has 0 aliphatic carbocycles. The van der Waals surface area contributed by atoms with Gasteiger partial charge in [-0.1, -0.05) is 38.5 Å². The number of sulfonamides is 1. The van der Waals surface area contributed by atoms with Gasteiger partial charge in [0.2, 0.25) is 0 Å². The molecule has 1 heterocycles. The fourth-order valence-corrected chi connectivity index (χ4v) is 2.69. The van der Waals surface area contributed by atoms with Gasteiger partial charge in [0.1, 0.15) is 11.5 Å². The summed E-state index contributed by atoms with van der Waals surface area (Å²) in [6.45, 7) is 7.72. The van der Waals surface area contributed by atoms with Crippen molar-refractivity contribution in [2.45, 2.75) is 32.6 Å². The van der Waals surface area contributed by atoms with E-state index in [9.17, 15) is 8.42 Å². The van der Waals surface area contributed by atoms with Crippen molar-refractivity contribution in [3.8, 4) is 0 Å². The number of hydrogen-bond acceptors (Lipinski definition) is 4. The van der Waals surface area contributed by atoms with Crippen LogP contribution in [0.15, 0.2) is 57.1 Å². The van der Waals surface area contributed by atoms with Crippen molar-refractivity contribution in [1.82, 2.24) is 4.83 Å². The van der Waals surface area contributed by atoms with Crippen LogP contribution in [0.3, 0.4) is 0 Å². The van der Waals surface area contributed by atoms with Gasteiger partial charge in [-0.15, -0.1) is 0 Å². The molecule has 0 saturated carbocycles. The van der Waals surface area contributed by atoms with Gasteiger partial charge in [-0.05, 0) is 31.2 Å². The first-order chi connectivity index (χ1) is 10.2. The summed E-state index contributed by atoms with van der Waals surface area (Å²) in [7, 11) is -3.70. The van der Waals surface area contributed by atoms with Crippen LogP contribution in [0.25, 0.3) is 0 Å². The Hall–Kier alpha value is -2.08. The highest BCUT2D eigenvalue weighted by molar-refractivity contribution is 7.89. The number of hydrogen-bond donors (Lipinski definition) is 1. The lowest BCUT2D eigenvalue weighted by Gasteiger charge is -2.19. The van der Waals surface area contributed by atoms with Crippen LogP contribution in [-0.4, -0.2) is 14.1 Å². The molecule has 0 spiro atoms. The van der Waals surface area contributed by atoms with E-state index in [1.165, 1.54) is 6.26 Å². The summed E-state index contributed by atoms with van der Waals surface area (Å²) in [6, 6.07) is 10.1. The van der Waals surface area contributed by atoms with E-state index in [1.807, 2.05) is 27.7 Å². The molecule has 0 unspecified atom stereocenters. The van der Waals surface area contributed by atoms with Crippen LogP contribution >= 0.6 is 0 Å². The molecule has 1 N–H and O–H groups in total. The molecule has 22 heavy (non-hydrogen) atoms. The maximum Gasteiger partial charge on any atom is 0.276 e. The zero-order chi connectivity index (χ0) is 16.4. The summed E-state index contributed by atoms with van der Waals surface area (Å²) in [4.78, 5) is 2.47. The molecule has 0 radical (unpaired) electrons. The Balaban J connectivity index is 2.33. The van der Waals surface area contributed by atoms with Crippen LogP contribution in [0.2, 0.25) is 0 Å². The van der Waals surface area contributed by atoms with Gasteiger partial charge in [-0.3, -0.25) is 0 Å². The third-order valence-electron chi connectivity index (χ3n) is 3.07. The van der Waals surface area contributed by atoms with E-state index in [2.05, 4.69) is 9.93 Å². The number of rotatable bonds is 4. The standard InChI is InChI=1S/C16H20N2O3S/c1-12-7-9-13(10-8-12)22(19,20)18-17-15(16(2,3)4)14-6-5-11-21-14/h5-11,18H,1-4H3/b17-15-. The van der Waals surface area contributed by atoms with Gasteiger partial charge in [0.15, 0.2) is 0 Å². The number of nitrogens with zero attached hydrogens (tertiary/aromatic N) is 1. The number of furan rings is 1. The van der Waals surface area contributed by atoms with Gasteiger partial charge in [0, 0.05) is 5.41 Å². The Morgan fingerprint density at radius 3 is 2.27 bits per heavy atom. The van der Waals surface area contributed by atoms with Gasteiger partial charge >= 0.3 is 0 Å². The predicted molar refractivity (Wildman–Crippen MR) is 86.2 cm³/mol. The lowest BCUT2D eigenvalue weighted by molar-refractivity contribution is 0.520. The molecule has 0 amide bonds. The molecular formula is C16H20N2O3S. The Labute approximate surface area is 131 Å². The normalized spacial score (nSPS) is 13.2. The molecule has 118 valence electrons. The van der Waals surface area contributed by atoms with E-state index in [-0.39, 0.29) is 10.3 Å². The summed E-state index contributed by atoms with van der Waals surface area (Å²) in [5, 5.41) is 4.09. The third kappa shape index (κ3) is 3.76. The molecule has 0 aliphatic heterocycles. The van der Waals surface area contributed by atoms with Gasteiger partial charge in [-0.25, -0.2) is 0 Å². The van der Waals surface area contributed by atoms with Crippen molar-refractivity contribution >= 4 is 15.7 Å². The molecule has 1 aromatic heterocycles. The first kappa shape index (κ1) is 16.3. The van der Waals surface area contributed by atoms with E-state index in [1.54, 1.807) is 36.4 Å². The van der Waals surface area contributed by atoms with E-state index in [0.29, 0.717) is 11.5 Å². The molecule has 0 fully saturated rings. The van der Waals surface area contributed by atoms with Crippen molar-refractivity contribution < 1.29 is 12.8 Å². The quantitative estimate of drug-likeness (QED) is 0.694. The fraction of sp³-hybridized carbons (Fsp3) is 0.312. The smallest absolute Gasteiger partial charge is 0.276 e. The lowest BCUT2D eigenvalue weighted by Crippen LogP contribution is -2.27. The zero-order valence-electron chi connectivity index (χ0n) is 13.1. The monoisotopic (exact) mass is 320 g/mol. The molecule has 0 atom stereocenters. The Kier molecular flexibility index (Phi) is 4.42. The van der Waals surface area contributed by atoms with E-state index in [4.69, 9.17) is 4.42 Å². The van der Waals surface area contributed by atoms with Crippen LogP contribution in [0.1, 0.15) is 32.1 Å². The highest BCUT2D eigenvalue weighted by Gasteiger charge is 2.24. The van der Waals surface area contributed by atoms with E-state index in [0.717, 1.165) is 5.56 Å². The molecular weight excluding hydrogens is 300 g/mol. The van der Waals surface area contributed by atoms with Crippen LogP contribution in [0.5, 0.6) is 0 Å². The maximum atomic E-state index is 12.3. The van der Waals surface area contributed by atoms with Gasteiger partial charge in [0.25, 0.3) is 10.0 Å². The zero-order valence-corrected chi connectivity index (χ0v) is 13.9. The highest BCUT2D eigenvalue weighted by atomic mass is 32.2. The minimum Gasteiger partial charge on any atom is -0.463 e. The molecule has 2 aromatic rings. The van der Waals surface area contributed by atoms with Crippen LogP contribution < -0.4 is 4.83 Å². The van der Waals surface area contributed by atoms with Crippen molar-refractivity contribution in [2.75, 3.05) is 0 Å². The third-order valence-corrected chi connectivity index (χ3v) is 4.30. The van der Waals surface area contributed by atoms with Crippen LogP contribution in [0, 0.1) is 12.3 Å². The summed E-state index contributed by atoms with van der Waals surface area (Å²) in [6.07, 6.45) is 1.53. The summed E-state index contributed by atoms with van der Waals surface area (Å²) < 4.78 is 29.9. The van der Waals surface area contributed by atoms with Gasteiger partial charge in [-0.2, -0.15) is 18.4 Å². The molecule has 2 rings (SSSR count). The molecule has 1 aromatic carbocycles. The van der Waals surface area contributed by atoms with Crippen molar-refractivity contribution in [1.29, 1.82) is 0 Å². The molecule has 5 nitrogen and oxygen atoms in total. The molecule has 0 saturated heterocycles. The Morgan fingerprint density at radius 2 is 1.77 bits per heavy atom. The topological polar surface area (TPSA) is 71.7 Å². The van der Waals surface area contributed by atoms with Crippen LogP contribution in [-0.2, 0) is 10.0 Å². The number of nitrogens with one attached hydrogen (secondary N) is 1. The average molecular weight is 320 g/mol. The number of aryl methyl sites for hydroxylation is 1. The fourth-order valence-electron chi connectivity index (χ4n) is 1.88. The lowest BCUT2D eigenvalue weighted by atomic mass is 9.88. The minimum absolute atomic E-state index is 0.176. The van der Waals surface area contributed by atoms with Crippen molar-refractivity contribution in [3.05, 3.63) is 54.0 Å². The first-order valence-corrected chi connectivity index (χ1v) is 8.39. The Morgan fingerprint density at radius 1 is 1.14 bits per heavy atom. The van der Waals surface area contributed by atoms with E-state index >= 15 is 0 Å². The largest absolute Gasteiger partial charge is 0.463 e. The molecule has 6 heteroatoms. The second-order valence-corrected chi connectivity index (χ2v) is 7.76. The number of hydrazone groups is 1. The summed E-state index contributed by atoms with van der Waals surface area (Å²) >= 11 is 0. The van der Waals surface area contributed by atoms with Gasteiger partial charge < -0.3 is 4.42 Å². The Bertz CT molecular complexity index is 753. The van der Waals surface area contributed by atoms with Crippen molar-refractivity contribution in [3.63, 3.8) is 0 Å². The number of benzene rings is 1. The minimum atomic E-state index is -3.70. The van der Waals surface area contributed by atoms with Crippen LogP contribution in [0.4, 0.5) is 0 Å². The van der Waals surface area contributed by atoms with Gasteiger partial charge in [0.05, 0.1) is 11.2 Å². The summed E-state index contributed by atoms with van der Waals surface area (Å²) in [5.74, 6) is 0.541.